The molecule has 0 aliphatic carbocycles. The molecule has 1 unspecified atom stereocenters. The highest BCUT2D eigenvalue weighted by molar-refractivity contribution is 7.09. The van der Waals surface area contributed by atoms with Gasteiger partial charge in [-0.3, -0.25) is 4.68 Å². The Kier molecular flexibility index (Phi) is 3.66. The van der Waals surface area contributed by atoms with E-state index in [9.17, 15) is 0 Å². The van der Waals surface area contributed by atoms with Gasteiger partial charge in [0.05, 0.1) is 30.9 Å². The lowest BCUT2D eigenvalue weighted by atomic mass is 10.0. The summed E-state index contributed by atoms with van der Waals surface area (Å²) >= 11 is 1.68. The SMILES string of the molecule is COC1=CC(c2cnn(C)c2)=C[N+]2(CCc3nccs3)N=CC=C12. The van der Waals surface area contributed by atoms with Crippen LogP contribution in [0.15, 0.2) is 58.9 Å². The first-order chi connectivity index (χ1) is 11.7. The van der Waals surface area contributed by atoms with Crippen LogP contribution in [0.1, 0.15) is 10.6 Å². The number of allylic oxidation sites excluding steroid dienone is 3. The first-order valence-corrected chi connectivity index (χ1v) is 8.59. The van der Waals surface area contributed by atoms with Gasteiger partial charge in [-0.15, -0.1) is 15.9 Å². The largest absolute Gasteiger partial charge is 0.491 e. The van der Waals surface area contributed by atoms with Crippen molar-refractivity contribution in [2.45, 2.75) is 6.42 Å². The van der Waals surface area contributed by atoms with E-state index in [-0.39, 0.29) is 0 Å². The molecule has 0 saturated carbocycles. The van der Waals surface area contributed by atoms with Gasteiger partial charge in [0.25, 0.3) is 0 Å². The maximum atomic E-state index is 5.64. The van der Waals surface area contributed by atoms with Crippen LogP contribution in [-0.4, -0.2) is 39.2 Å². The quantitative estimate of drug-likeness (QED) is 0.787. The van der Waals surface area contributed by atoms with E-state index >= 15 is 0 Å². The summed E-state index contributed by atoms with van der Waals surface area (Å²) in [6.07, 6.45) is 14.7. The van der Waals surface area contributed by atoms with Crippen molar-refractivity contribution in [3.05, 3.63) is 64.3 Å². The molecule has 0 N–H and O–H groups in total. The zero-order valence-electron chi connectivity index (χ0n) is 13.6. The minimum Gasteiger partial charge on any atom is -0.491 e. The zero-order chi connectivity index (χ0) is 16.6. The van der Waals surface area contributed by atoms with E-state index in [0.29, 0.717) is 4.59 Å². The molecule has 6 nitrogen and oxygen atoms in total. The molecule has 0 bridgehead atoms. The summed E-state index contributed by atoms with van der Waals surface area (Å²) in [6, 6.07) is 0. The van der Waals surface area contributed by atoms with Crippen LogP contribution in [0.2, 0.25) is 0 Å². The van der Waals surface area contributed by atoms with Crippen LogP contribution in [0, 0.1) is 0 Å². The smallest absolute Gasteiger partial charge is 0.208 e. The summed E-state index contributed by atoms with van der Waals surface area (Å²) in [5, 5.41) is 12.1. The van der Waals surface area contributed by atoms with Crippen molar-refractivity contribution < 1.29 is 9.33 Å². The third-order valence-electron chi connectivity index (χ3n) is 4.22. The summed E-state index contributed by atoms with van der Waals surface area (Å²) < 4.78 is 7.85. The van der Waals surface area contributed by atoms with Gasteiger partial charge < -0.3 is 4.74 Å². The average molecular weight is 340 g/mol. The lowest BCUT2D eigenvalue weighted by Gasteiger charge is -2.30. The number of fused-ring (bicyclic) bond motifs is 1. The molecular formula is C17H18N5OS+. The number of hydrogen-bond donors (Lipinski definition) is 0. The van der Waals surface area contributed by atoms with Crippen molar-refractivity contribution >= 4 is 23.1 Å². The number of hydrogen-bond acceptors (Lipinski definition) is 5. The van der Waals surface area contributed by atoms with Gasteiger partial charge >= 0.3 is 0 Å². The van der Waals surface area contributed by atoms with Crippen molar-refractivity contribution in [2.24, 2.45) is 12.1 Å². The minimum absolute atomic E-state index is 0.406. The van der Waals surface area contributed by atoms with Gasteiger partial charge in [0.1, 0.15) is 12.7 Å². The van der Waals surface area contributed by atoms with E-state index in [2.05, 4.69) is 22.4 Å². The zero-order valence-corrected chi connectivity index (χ0v) is 14.4. The van der Waals surface area contributed by atoms with E-state index in [1.807, 2.05) is 43.3 Å². The Morgan fingerprint density at radius 2 is 2.29 bits per heavy atom. The fourth-order valence-electron chi connectivity index (χ4n) is 3.05. The number of aryl methyl sites for hydroxylation is 1. The van der Waals surface area contributed by atoms with Crippen molar-refractivity contribution in [1.29, 1.82) is 0 Å². The molecule has 4 heterocycles. The Morgan fingerprint density at radius 3 is 3.00 bits per heavy atom. The van der Waals surface area contributed by atoms with Gasteiger partial charge in [-0.1, -0.05) is 5.10 Å². The predicted octanol–water partition coefficient (Wildman–Crippen LogP) is 2.70. The molecule has 24 heavy (non-hydrogen) atoms. The second kappa shape index (κ2) is 5.85. The van der Waals surface area contributed by atoms with Crippen LogP contribution in [0.5, 0.6) is 0 Å². The van der Waals surface area contributed by atoms with Crippen LogP contribution < -0.4 is 0 Å². The molecule has 0 amide bonds. The standard InChI is InChI=1S/C17H18N5OS/c1-21-11-14(10-19-21)13-9-16(23-2)15-3-5-20-22(15,12-13)7-4-17-18-6-8-24-17/h3,5-6,8-12H,4,7H2,1-2H3/q+1. The topological polar surface area (TPSA) is 52.3 Å². The first-order valence-electron chi connectivity index (χ1n) is 7.71. The van der Waals surface area contributed by atoms with Crippen molar-refractivity contribution in [3.63, 3.8) is 0 Å². The van der Waals surface area contributed by atoms with E-state index in [1.165, 1.54) is 0 Å². The van der Waals surface area contributed by atoms with Crippen molar-refractivity contribution in [2.75, 3.05) is 13.7 Å². The van der Waals surface area contributed by atoms with E-state index in [0.717, 1.165) is 40.6 Å². The van der Waals surface area contributed by atoms with Crippen LogP contribution >= 0.6 is 11.3 Å². The molecule has 4 rings (SSSR count). The molecule has 0 saturated heterocycles. The van der Waals surface area contributed by atoms with Gasteiger partial charge in [-0.2, -0.15) is 5.10 Å². The van der Waals surface area contributed by atoms with Crippen LogP contribution in [-0.2, 0) is 18.2 Å². The minimum atomic E-state index is 0.406. The van der Waals surface area contributed by atoms with Gasteiger partial charge in [-0.05, 0) is 6.08 Å². The Bertz CT molecular complexity index is 875. The predicted molar refractivity (Wildman–Crippen MR) is 93.8 cm³/mol. The molecule has 122 valence electrons. The van der Waals surface area contributed by atoms with Crippen LogP contribution in [0.25, 0.3) is 5.57 Å². The maximum Gasteiger partial charge on any atom is 0.208 e. The third-order valence-corrected chi connectivity index (χ3v) is 5.06. The molecule has 0 spiro atoms. The van der Waals surface area contributed by atoms with Crippen molar-refractivity contribution in [1.82, 2.24) is 14.8 Å². The summed E-state index contributed by atoms with van der Waals surface area (Å²) in [4.78, 5) is 4.39. The molecule has 1 atom stereocenters. The summed E-state index contributed by atoms with van der Waals surface area (Å²) in [6.45, 7) is 0.806. The van der Waals surface area contributed by atoms with Crippen LogP contribution in [0.4, 0.5) is 0 Å². The second-order valence-electron chi connectivity index (χ2n) is 5.74. The molecule has 0 aromatic carbocycles. The fourth-order valence-corrected chi connectivity index (χ4v) is 3.66. The van der Waals surface area contributed by atoms with Gasteiger partial charge in [-0.25, -0.2) is 4.98 Å². The molecule has 2 aliphatic rings. The summed E-state index contributed by atoms with van der Waals surface area (Å²) in [7, 11) is 3.62. The van der Waals surface area contributed by atoms with Gasteiger partial charge in [0.2, 0.25) is 5.70 Å². The van der Waals surface area contributed by atoms with Crippen molar-refractivity contribution in [3.8, 4) is 0 Å². The Morgan fingerprint density at radius 1 is 1.38 bits per heavy atom. The number of methoxy groups -OCH3 is 1. The Balaban J connectivity index is 1.72. The molecule has 2 aliphatic heterocycles. The lowest BCUT2D eigenvalue weighted by Crippen LogP contribution is -2.39. The Labute approximate surface area is 144 Å². The molecule has 0 fully saturated rings. The normalized spacial score (nSPS) is 22.0. The van der Waals surface area contributed by atoms with Gasteiger partial charge in [0.15, 0.2) is 5.76 Å². The molecule has 2 aromatic heterocycles. The highest BCUT2D eigenvalue weighted by Crippen LogP contribution is 2.38. The number of nitrogens with zero attached hydrogens (tertiary/aromatic N) is 5. The highest BCUT2D eigenvalue weighted by Gasteiger charge is 2.41. The molecule has 7 heteroatoms. The number of aromatic nitrogens is 3. The highest BCUT2D eigenvalue weighted by atomic mass is 32.1. The van der Waals surface area contributed by atoms with E-state index < -0.39 is 0 Å². The van der Waals surface area contributed by atoms with Gasteiger partial charge in [0, 0.05) is 42.0 Å². The maximum absolute atomic E-state index is 5.64. The molecular weight excluding hydrogens is 322 g/mol. The number of rotatable bonds is 5. The summed E-state index contributed by atoms with van der Waals surface area (Å²) in [5.74, 6) is 0.841. The molecule has 2 aromatic rings. The third kappa shape index (κ3) is 2.51. The lowest BCUT2D eigenvalue weighted by molar-refractivity contribution is -0.844. The van der Waals surface area contributed by atoms with Crippen LogP contribution in [0.3, 0.4) is 0 Å². The van der Waals surface area contributed by atoms with E-state index in [4.69, 9.17) is 9.84 Å². The van der Waals surface area contributed by atoms with E-state index in [1.54, 1.807) is 23.1 Å². The first kappa shape index (κ1) is 15.0. The fraction of sp³-hybridized carbons (Fsp3) is 0.235. The number of thiazole rings is 1. The average Bonchev–Trinajstić information content (AvgIpc) is 3.32. The number of ether oxygens (including phenoxy) is 1. The number of quaternary nitrogens is 1. The Hall–Kier alpha value is -2.51. The summed E-state index contributed by atoms with van der Waals surface area (Å²) in [5.41, 5.74) is 3.18. The monoisotopic (exact) mass is 340 g/mol. The second-order valence-corrected chi connectivity index (χ2v) is 6.72. The molecule has 0 radical (unpaired) electrons.